The number of hydrogen-bond acceptors (Lipinski definition) is 4. The van der Waals surface area contributed by atoms with Crippen molar-refractivity contribution in [1.29, 1.82) is 0 Å². The summed E-state index contributed by atoms with van der Waals surface area (Å²) in [5, 5.41) is 18.8. The number of aliphatic carboxylic acids is 1. The van der Waals surface area contributed by atoms with Crippen LogP contribution in [0.1, 0.15) is 12.0 Å². The van der Waals surface area contributed by atoms with E-state index in [1.54, 1.807) is 12.1 Å². The van der Waals surface area contributed by atoms with Crippen molar-refractivity contribution in [2.45, 2.75) is 18.9 Å². The number of aromatic hydroxyl groups is 1. The Morgan fingerprint density at radius 3 is 2.80 bits per heavy atom. The monoisotopic (exact) mass is 278 g/mol. The second kappa shape index (κ2) is 5.92. The van der Waals surface area contributed by atoms with Gasteiger partial charge in [-0.3, -0.25) is 4.79 Å². The quantitative estimate of drug-likeness (QED) is 0.713. The van der Waals surface area contributed by atoms with Gasteiger partial charge in [0.25, 0.3) is 0 Å². The molecule has 1 aliphatic heterocycles. The molecule has 2 rings (SSSR count). The van der Waals surface area contributed by atoms with Crippen molar-refractivity contribution in [1.82, 2.24) is 4.90 Å². The highest BCUT2D eigenvalue weighted by atomic mass is 16.4. The van der Waals surface area contributed by atoms with Crippen molar-refractivity contribution in [2.75, 3.05) is 13.1 Å². The Morgan fingerprint density at radius 1 is 1.50 bits per heavy atom. The number of nitrogens with zero attached hydrogens (tertiary/aromatic N) is 1. The minimum atomic E-state index is -1.04. The Labute approximate surface area is 116 Å². The molecule has 2 atom stereocenters. The zero-order valence-electron chi connectivity index (χ0n) is 11.0. The molecule has 1 fully saturated rings. The molecule has 1 aromatic rings. The van der Waals surface area contributed by atoms with E-state index in [1.807, 2.05) is 0 Å². The van der Waals surface area contributed by atoms with E-state index in [-0.39, 0.29) is 24.0 Å². The summed E-state index contributed by atoms with van der Waals surface area (Å²) in [5.41, 5.74) is 6.23. The zero-order valence-corrected chi connectivity index (χ0v) is 11.0. The Morgan fingerprint density at radius 2 is 2.25 bits per heavy atom. The maximum atomic E-state index is 11.9. The van der Waals surface area contributed by atoms with Gasteiger partial charge in [0.2, 0.25) is 5.91 Å². The molecule has 108 valence electrons. The predicted octanol–water partition coefficient (Wildman–Crippen LogP) is 0.195. The van der Waals surface area contributed by atoms with E-state index < -0.39 is 12.0 Å². The minimum Gasteiger partial charge on any atom is -0.508 e. The molecular weight excluding hydrogens is 260 g/mol. The topological polar surface area (TPSA) is 104 Å². The van der Waals surface area contributed by atoms with Gasteiger partial charge in [-0.05, 0) is 30.2 Å². The second-order valence-corrected chi connectivity index (χ2v) is 5.08. The van der Waals surface area contributed by atoms with E-state index >= 15 is 0 Å². The van der Waals surface area contributed by atoms with Crippen molar-refractivity contribution >= 4 is 11.9 Å². The summed E-state index contributed by atoms with van der Waals surface area (Å²) >= 11 is 0. The molecule has 1 aliphatic rings. The number of nitrogens with two attached hydrogens (primary N) is 1. The molecule has 6 nitrogen and oxygen atoms in total. The molecule has 0 saturated carbocycles. The van der Waals surface area contributed by atoms with Crippen molar-refractivity contribution in [3.63, 3.8) is 0 Å². The maximum absolute atomic E-state index is 11.9. The van der Waals surface area contributed by atoms with Crippen molar-refractivity contribution in [2.24, 2.45) is 11.7 Å². The number of likely N-dealkylation sites (tertiary alicyclic amines) is 1. The second-order valence-electron chi connectivity index (χ2n) is 5.08. The molecule has 0 spiro atoms. The van der Waals surface area contributed by atoms with Crippen LogP contribution in [0.3, 0.4) is 0 Å². The molecule has 1 unspecified atom stereocenters. The van der Waals surface area contributed by atoms with E-state index in [9.17, 15) is 19.8 Å². The molecule has 1 saturated heterocycles. The number of rotatable bonds is 5. The third-order valence-electron chi connectivity index (χ3n) is 3.57. The lowest BCUT2D eigenvalue weighted by Gasteiger charge is -2.24. The van der Waals surface area contributed by atoms with Gasteiger partial charge in [0, 0.05) is 19.4 Å². The van der Waals surface area contributed by atoms with Crippen LogP contribution < -0.4 is 5.73 Å². The number of amides is 1. The molecule has 6 heteroatoms. The van der Waals surface area contributed by atoms with Gasteiger partial charge in [0.1, 0.15) is 11.8 Å². The van der Waals surface area contributed by atoms with Gasteiger partial charge in [-0.15, -0.1) is 0 Å². The number of phenols is 1. The van der Waals surface area contributed by atoms with Crippen molar-refractivity contribution in [3.8, 4) is 5.75 Å². The minimum absolute atomic E-state index is 0.0218. The van der Waals surface area contributed by atoms with Gasteiger partial charge >= 0.3 is 5.97 Å². The number of phenolic OH excluding ortho intramolecular Hbond substituents is 1. The molecule has 4 N–H and O–H groups in total. The zero-order chi connectivity index (χ0) is 14.7. The highest BCUT2D eigenvalue weighted by Crippen LogP contribution is 2.22. The van der Waals surface area contributed by atoms with E-state index in [1.165, 1.54) is 17.0 Å². The van der Waals surface area contributed by atoms with E-state index in [2.05, 4.69) is 0 Å². The first-order valence-corrected chi connectivity index (χ1v) is 6.51. The van der Waals surface area contributed by atoms with E-state index in [4.69, 9.17) is 5.73 Å². The highest BCUT2D eigenvalue weighted by molar-refractivity contribution is 5.85. The van der Waals surface area contributed by atoms with Crippen LogP contribution in [0.2, 0.25) is 0 Å². The fraction of sp³-hybridized carbons (Fsp3) is 0.429. The number of carbonyl (C=O) groups is 2. The number of hydrogen-bond donors (Lipinski definition) is 3. The molecule has 1 amide bonds. The summed E-state index contributed by atoms with van der Waals surface area (Å²) < 4.78 is 0. The lowest BCUT2D eigenvalue weighted by atomic mass is 10.0. The van der Waals surface area contributed by atoms with Crippen molar-refractivity contribution in [3.05, 3.63) is 29.8 Å². The smallest absolute Gasteiger partial charge is 0.326 e. The fourth-order valence-corrected chi connectivity index (χ4v) is 2.51. The molecule has 0 aromatic heterocycles. The van der Waals surface area contributed by atoms with Crippen LogP contribution in [0.25, 0.3) is 0 Å². The summed E-state index contributed by atoms with van der Waals surface area (Å²) in [6.45, 7) is 0.756. The van der Waals surface area contributed by atoms with Gasteiger partial charge < -0.3 is 20.8 Å². The largest absolute Gasteiger partial charge is 0.508 e. The van der Waals surface area contributed by atoms with Crippen molar-refractivity contribution < 1.29 is 19.8 Å². The van der Waals surface area contributed by atoms with Crippen LogP contribution in [0.4, 0.5) is 0 Å². The first-order chi connectivity index (χ1) is 9.51. The summed E-state index contributed by atoms with van der Waals surface area (Å²) in [6, 6.07) is 5.50. The van der Waals surface area contributed by atoms with Crippen LogP contribution in [0.5, 0.6) is 5.75 Å². The van der Waals surface area contributed by atoms with Crippen LogP contribution in [0, 0.1) is 5.92 Å². The SMILES string of the molecule is NCC1CC(=O)N([C@@H](Cc2cccc(O)c2)C(=O)O)C1. The number of carboxylic acid groups (broad SMARTS) is 1. The van der Waals surface area contributed by atoms with E-state index in [0.717, 1.165) is 0 Å². The Hall–Kier alpha value is -2.08. The molecule has 20 heavy (non-hydrogen) atoms. The highest BCUT2D eigenvalue weighted by Gasteiger charge is 2.37. The molecular formula is C14H18N2O4. The Bertz CT molecular complexity index is 518. The number of benzene rings is 1. The van der Waals surface area contributed by atoms with Gasteiger partial charge in [-0.2, -0.15) is 0 Å². The lowest BCUT2D eigenvalue weighted by molar-refractivity contribution is -0.148. The van der Waals surface area contributed by atoms with Crippen LogP contribution in [0.15, 0.2) is 24.3 Å². The van der Waals surface area contributed by atoms with Gasteiger partial charge in [0.15, 0.2) is 0 Å². The first-order valence-electron chi connectivity index (χ1n) is 6.51. The number of carboxylic acids is 1. The Kier molecular flexibility index (Phi) is 4.24. The standard InChI is InChI=1S/C14H18N2O4/c15-7-10-6-13(18)16(8-10)12(14(19)20)5-9-2-1-3-11(17)4-9/h1-4,10,12,17H,5-8,15H2,(H,19,20)/t10?,12-/m0/s1. The molecule has 0 aliphatic carbocycles. The number of carbonyl (C=O) groups excluding carboxylic acids is 1. The summed E-state index contributed by atoms with van der Waals surface area (Å²) in [6.07, 6.45) is 0.479. The molecule has 1 heterocycles. The van der Waals surface area contributed by atoms with Crippen LogP contribution in [-0.2, 0) is 16.0 Å². The maximum Gasteiger partial charge on any atom is 0.326 e. The average Bonchev–Trinajstić information content (AvgIpc) is 2.77. The predicted molar refractivity (Wildman–Crippen MR) is 72.1 cm³/mol. The fourth-order valence-electron chi connectivity index (χ4n) is 2.51. The first kappa shape index (κ1) is 14.3. The van der Waals surface area contributed by atoms with E-state index in [0.29, 0.717) is 25.1 Å². The Balaban J connectivity index is 2.16. The van der Waals surface area contributed by atoms with Gasteiger partial charge in [0.05, 0.1) is 0 Å². The van der Waals surface area contributed by atoms with Crippen LogP contribution >= 0.6 is 0 Å². The molecule has 1 aromatic carbocycles. The van der Waals surface area contributed by atoms with Gasteiger partial charge in [-0.1, -0.05) is 12.1 Å². The summed E-state index contributed by atoms with van der Waals surface area (Å²) in [5.74, 6) is -1.11. The lowest BCUT2D eigenvalue weighted by Crippen LogP contribution is -2.44. The van der Waals surface area contributed by atoms with Crippen LogP contribution in [-0.4, -0.2) is 46.1 Å². The third-order valence-corrected chi connectivity index (χ3v) is 3.57. The summed E-state index contributed by atoms with van der Waals surface area (Å²) in [7, 11) is 0. The molecule has 0 bridgehead atoms. The van der Waals surface area contributed by atoms with Gasteiger partial charge in [-0.25, -0.2) is 4.79 Å². The summed E-state index contributed by atoms with van der Waals surface area (Å²) in [4.78, 5) is 24.7. The third kappa shape index (κ3) is 3.08. The molecule has 0 radical (unpaired) electrons. The normalized spacial score (nSPS) is 20.1. The average molecular weight is 278 g/mol.